The van der Waals surface area contributed by atoms with Crippen molar-refractivity contribution >= 4 is 23.2 Å². The Hall–Kier alpha value is -2.72. The summed E-state index contributed by atoms with van der Waals surface area (Å²) in [5.74, 6) is -1.34. The molecule has 0 bridgehead atoms. The Morgan fingerprint density at radius 1 is 1.33 bits per heavy atom. The molecule has 5 nitrogen and oxygen atoms in total. The molecule has 0 unspecified atom stereocenters. The largest absolute Gasteiger partial charge is 0.468 e. The molecule has 0 atom stereocenters. The Kier molecular flexibility index (Phi) is 5.66. The van der Waals surface area contributed by atoms with Crippen LogP contribution in [0.15, 0.2) is 30.3 Å². The van der Waals surface area contributed by atoms with Gasteiger partial charge in [-0.25, -0.2) is 4.39 Å². The minimum absolute atomic E-state index is 0.212. The molecule has 2 rings (SSSR count). The van der Waals surface area contributed by atoms with Gasteiger partial charge in [0, 0.05) is 4.88 Å². The van der Waals surface area contributed by atoms with Crippen LogP contribution in [0.3, 0.4) is 0 Å². The van der Waals surface area contributed by atoms with E-state index in [-0.39, 0.29) is 18.9 Å². The molecule has 0 aliphatic carbocycles. The molecule has 24 heavy (non-hydrogen) atoms. The van der Waals surface area contributed by atoms with Gasteiger partial charge in [0.05, 0.1) is 18.1 Å². The minimum Gasteiger partial charge on any atom is -0.468 e. The third kappa shape index (κ3) is 3.97. The van der Waals surface area contributed by atoms with E-state index >= 15 is 0 Å². The lowest BCUT2D eigenvalue weighted by Gasteiger charge is -2.16. The Balaban J connectivity index is 2.29. The number of hydrogen-bond donors (Lipinski definition) is 0. The van der Waals surface area contributed by atoms with Crippen LogP contribution < -0.4 is 0 Å². The molecular weight excluding hydrogens is 331 g/mol. The highest BCUT2D eigenvalue weighted by molar-refractivity contribution is 7.14. The molecule has 0 saturated carbocycles. The number of aryl methyl sites for hydroxylation is 1. The lowest BCUT2D eigenvalue weighted by Crippen LogP contribution is -2.36. The van der Waals surface area contributed by atoms with E-state index in [4.69, 9.17) is 5.26 Å². The van der Waals surface area contributed by atoms with Gasteiger partial charge < -0.3 is 9.64 Å². The standard InChI is InChI=1S/C17H15FN2O3S/c1-11-14(12-3-5-13(18)6-4-12)9-15(24-11)17(22)20(8-7-19)10-16(21)23-2/h3-6,9H,8,10H2,1-2H3. The predicted octanol–water partition coefficient (Wildman–Crippen LogP) is 3.00. The molecule has 0 fully saturated rings. The number of amides is 1. The summed E-state index contributed by atoms with van der Waals surface area (Å²) in [6.45, 7) is 1.36. The van der Waals surface area contributed by atoms with E-state index < -0.39 is 11.9 Å². The molecule has 124 valence electrons. The number of carbonyl (C=O) groups is 2. The van der Waals surface area contributed by atoms with E-state index in [9.17, 15) is 14.0 Å². The number of thiophene rings is 1. The molecule has 0 aliphatic heterocycles. The minimum atomic E-state index is -0.592. The maximum atomic E-state index is 13.0. The maximum absolute atomic E-state index is 13.0. The van der Waals surface area contributed by atoms with Gasteiger partial charge in [0.2, 0.25) is 0 Å². The van der Waals surface area contributed by atoms with Gasteiger partial charge in [-0.15, -0.1) is 11.3 Å². The summed E-state index contributed by atoms with van der Waals surface area (Å²) < 4.78 is 17.6. The number of carbonyl (C=O) groups excluding carboxylic acids is 2. The topological polar surface area (TPSA) is 70.4 Å². The van der Waals surface area contributed by atoms with Crippen LogP contribution in [0.5, 0.6) is 0 Å². The normalized spacial score (nSPS) is 10.1. The molecule has 0 saturated heterocycles. The van der Waals surface area contributed by atoms with Crippen LogP contribution >= 0.6 is 11.3 Å². The van der Waals surface area contributed by atoms with Crippen LogP contribution in [-0.2, 0) is 9.53 Å². The Bertz CT molecular complexity index is 793. The number of rotatable bonds is 5. The molecule has 0 N–H and O–H groups in total. The van der Waals surface area contributed by atoms with Crippen LogP contribution in [0.4, 0.5) is 4.39 Å². The molecule has 0 aliphatic rings. The van der Waals surface area contributed by atoms with Crippen molar-refractivity contribution in [2.75, 3.05) is 20.2 Å². The average molecular weight is 346 g/mol. The fourth-order valence-electron chi connectivity index (χ4n) is 2.16. The smallest absolute Gasteiger partial charge is 0.325 e. The van der Waals surface area contributed by atoms with Gasteiger partial charge in [-0.3, -0.25) is 9.59 Å². The molecule has 1 aromatic carbocycles. The van der Waals surface area contributed by atoms with Gasteiger partial charge in [0.1, 0.15) is 18.9 Å². The molecule has 0 radical (unpaired) electrons. The average Bonchev–Trinajstić information content (AvgIpc) is 2.96. The van der Waals surface area contributed by atoms with Gasteiger partial charge >= 0.3 is 5.97 Å². The molecule has 7 heteroatoms. The number of methoxy groups -OCH3 is 1. The summed E-state index contributed by atoms with van der Waals surface area (Å²) in [6.07, 6.45) is 0. The highest BCUT2D eigenvalue weighted by atomic mass is 32.1. The van der Waals surface area contributed by atoms with Gasteiger partial charge in [-0.2, -0.15) is 5.26 Å². The number of nitriles is 1. The Morgan fingerprint density at radius 3 is 2.58 bits per heavy atom. The summed E-state index contributed by atoms with van der Waals surface area (Å²) in [6, 6.07) is 9.55. The molecule has 1 heterocycles. The quantitative estimate of drug-likeness (QED) is 0.616. The number of hydrogen-bond acceptors (Lipinski definition) is 5. The Morgan fingerprint density at radius 2 is 2.00 bits per heavy atom. The van der Waals surface area contributed by atoms with E-state index in [0.29, 0.717) is 4.88 Å². The zero-order valence-corrected chi connectivity index (χ0v) is 14.0. The molecule has 0 spiro atoms. The summed E-state index contributed by atoms with van der Waals surface area (Å²) in [4.78, 5) is 26.4. The van der Waals surface area contributed by atoms with Crippen molar-refractivity contribution in [3.05, 3.63) is 45.9 Å². The molecular formula is C17H15FN2O3S. The first kappa shape index (κ1) is 17.6. The van der Waals surface area contributed by atoms with Crippen molar-refractivity contribution in [2.45, 2.75) is 6.92 Å². The lowest BCUT2D eigenvalue weighted by atomic mass is 10.1. The first-order chi connectivity index (χ1) is 11.5. The van der Waals surface area contributed by atoms with Crippen LogP contribution in [0, 0.1) is 24.1 Å². The van der Waals surface area contributed by atoms with E-state index in [1.165, 1.54) is 30.6 Å². The number of esters is 1. The number of benzene rings is 1. The van der Waals surface area contributed by atoms with E-state index in [0.717, 1.165) is 20.9 Å². The van der Waals surface area contributed by atoms with Crippen molar-refractivity contribution in [1.29, 1.82) is 5.26 Å². The summed E-state index contributed by atoms with van der Waals surface area (Å²) in [7, 11) is 1.22. The van der Waals surface area contributed by atoms with E-state index in [1.54, 1.807) is 18.2 Å². The maximum Gasteiger partial charge on any atom is 0.325 e. The third-order valence-corrected chi connectivity index (χ3v) is 4.42. The summed E-state index contributed by atoms with van der Waals surface area (Å²) >= 11 is 1.26. The predicted molar refractivity (Wildman–Crippen MR) is 88.0 cm³/mol. The lowest BCUT2D eigenvalue weighted by molar-refractivity contribution is -0.141. The molecule has 1 amide bonds. The second kappa shape index (κ2) is 7.70. The first-order valence-electron chi connectivity index (χ1n) is 7.05. The van der Waals surface area contributed by atoms with E-state index in [1.807, 2.05) is 13.0 Å². The fraction of sp³-hybridized carbons (Fsp3) is 0.235. The number of ether oxygens (including phenoxy) is 1. The van der Waals surface area contributed by atoms with Crippen molar-refractivity contribution in [3.63, 3.8) is 0 Å². The van der Waals surface area contributed by atoms with Gasteiger partial charge in [0.15, 0.2) is 0 Å². The third-order valence-electron chi connectivity index (χ3n) is 3.38. The van der Waals surface area contributed by atoms with Crippen molar-refractivity contribution in [2.24, 2.45) is 0 Å². The van der Waals surface area contributed by atoms with Crippen LogP contribution in [0.2, 0.25) is 0 Å². The van der Waals surface area contributed by atoms with Crippen molar-refractivity contribution in [1.82, 2.24) is 4.90 Å². The van der Waals surface area contributed by atoms with Gasteiger partial charge in [-0.05, 0) is 36.2 Å². The molecule has 2 aromatic rings. The van der Waals surface area contributed by atoms with Crippen LogP contribution in [-0.4, -0.2) is 37.0 Å². The highest BCUT2D eigenvalue weighted by Gasteiger charge is 2.22. The van der Waals surface area contributed by atoms with Gasteiger partial charge in [-0.1, -0.05) is 12.1 Å². The number of halogens is 1. The zero-order valence-electron chi connectivity index (χ0n) is 13.2. The second-order valence-electron chi connectivity index (χ2n) is 4.98. The van der Waals surface area contributed by atoms with E-state index in [2.05, 4.69) is 4.74 Å². The SMILES string of the molecule is COC(=O)CN(CC#N)C(=O)c1cc(-c2ccc(F)cc2)c(C)s1. The highest BCUT2D eigenvalue weighted by Crippen LogP contribution is 2.31. The van der Waals surface area contributed by atoms with Crippen molar-refractivity contribution < 1.29 is 18.7 Å². The van der Waals surface area contributed by atoms with Crippen molar-refractivity contribution in [3.8, 4) is 17.2 Å². The van der Waals surface area contributed by atoms with Crippen LogP contribution in [0.1, 0.15) is 14.5 Å². The first-order valence-corrected chi connectivity index (χ1v) is 7.87. The zero-order chi connectivity index (χ0) is 17.7. The fourth-order valence-corrected chi connectivity index (χ4v) is 3.17. The second-order valence-corrected chi connectivity index (χ2v) is 6.24. The van der Waals surface area contributed by atoms with Crippen LogP contribution in [0.25, 0.3) is 11.1 Å². The summed E-state index contributed by atoms with van der Waals surface area (Å²) in [5.41, 5.74) is 1.61. The monoisotopic (exact) mass is 346 g/mol. The van der Waals surface area contributed by atoms with Gasteiger partial charge in [0.25, 0.3) is 5.91 Å². The summed E-state index contributed by atoms with van der Waals surface area (Å²) in [5, 5.41) is 8.85. The Labute approximate surface area is 142 Å². The number of nitrogens with zero attached hydrogens (tertiary/aromatic N) is 2. The molecule has 1 aromatic heterocycles.